The van der Waals surface area contributed by atoms with E-state index in [-0.39, 0.29) is 5.56 Å². The number of aryl methyl sites for hydroxylation is 1. The van der Waals surface area contributed by atoms with Gasteiger partial charge in [-0.1, -0.05) is 12.1 Å². The lowest BCUT2D eigenvalue weighted by Gasteiger charge is -2.15. The average molecular weight is 271 g/mol. The molecule has 5 heteroatoms. The van der Waals surface area contributed by atoms with Gasteiger partial charge in [0, 0.05) is 5.56 Å². The maximum Gasteiger partial charge on any atom is 0.255 e. The molecule has 1 aliphatic carbocycles. The number of anilines is 2. The second-order valence-electron chi connectivity index (χ2n) is 4.87. The molecular weight excluding hydrogens is 254 g/mol. The molecule has 1 aromatic carbocycles. The van der Waals surface area contributed by atoms with Crippen molar-refractivity contribution in [3.05, 3.63) is 45.9 Å². The Morgan fingerprint density at radius 2 is 2.05 bits per heavy atom. The van der Waals surface area contributed by atoms with E-state index in [1.165, 1.54) is 0 Å². The van der Waals surface area contributed by atoms with Gasteiger partial charge in [0.1, 0.15) is 5.75 Å². The van der Waals surface area contributed by atoms with Gasteiger partial charge in [0.05, 0.1) is 18.5 Å². The van der Waals surface area contributed by atoms with Gasteiger partial charge in [-0.2, -0.15) is 0 Å². The predicted octanol–water partition coefficient (Wildman–Crippen LogP) is 2.40. The number of rotatable bonds is 3. The molecule has 1 heterocycles. The van der Waals surface area contributed by atoms with Crippen molar-refractivity contribution in [3.8, 4) is 5.75 Å². The summed E-state index contributed by atoms with van der Waals surface area (Å²) in [5, 5.41) is 3.12. The Bertz CT molecular complexity index is 679. The number of benzene rings is 1. The molecule has 0 aliphatic heterocycles. The quantitative estimate of drug-likeness (QED) is 0.899. The number of ether oxygens (including phenoxy) is 1. The second kappa shape index (κ2) is 5.36. The number of nitrogens with zero attached hydrogens (tertiary/aromatic N) is 1. The summed E-state index contributed by atoms with van der Waals surface area (Å²) in [4.78, 5) is 19.4. The number of hydrogen-bond acceptors (Lipinski definition) is 4. The lowest BCUT2D eigenvalue weighted by atomic mass is 9.97. The highest BCUT2D eigenvalue weighted by molar-refractivity contribution is 5.62. The van der Waals surface area contributed by atoms with Crippen molar-refractivity contribution >= 4 is 11.6 Å². The Balaban J connectivity index is 1.95. The fraction of sp³-hybridized carbons (Fsp3) is 0.333. The number of aromatic nitrogens is 2. The van der Waals surface area contributed by atoms with Crippen molar-refractivity contribution in [2.24, 2.45) is 0 Å². The van der Waals surface area contributed by atoms with Gasteiger partial charge in [0.15, 0.2) is 0 Å². The van der Waals surface area contributed by atoms with Crippen molar-refractivity contribution in [3.63, 3.8) is 0 Å². The van der Waals surface area contributed by atoms with E-state index in [2.05, 4.69) is 15.3 Å². The number of aromatic amines is 1. The lowest BCUT2D eigenvalue weighted by Crippen LogP contribution is -2.22. The Kier molecular flexibility index (Phi) is 3.41. The summed E-state index contributed by atoms with van der Waals surface area (Å²) in [5.74, 6) is 1.19. The molecule has 0 saturated carbocycles. The van der Waals surface area contributed by atoms with Crippen LogP contribution in [0, 0.1) is 0 Å². The number of H-pyrrole nitrogens is 1. The standard InChI is InChI=1S/C15H17N3O2/c1-20-13-9-5-4-8-12(13)17-15-16-11-7-3-2-6-10(11)14(19)18-15/h4-5,8-9H,2-3,6-7H2,1H3,(H2,16,17,18,19). The fourth-order valence-corrected chi connectivity index (χ4v) is 2.54. The Hall–Kier alpha value is -2.30. The van der Waals surface area contributed by atoms with E-state index in [1.807, 2.05) is 24.3 Å². The van der Waals surface area contributed by atoms with Crippen molar-refractivity contribution < 1.29 is 4.74 Å². The summed E-state index contributed by atoms with van der Waals surface area (Å²) in [6, 6.07) is 7.55. The van der Waals surface area contributed by atoms with Crippen LogP contribution >= 0.6 is 0 Å². The van der Waals surface area contributed by atoms with Gasteiger partial charge < -0.3 is 10.1 Å². The van der Waals surface area contributed by atoms with Gasteiger partial charge in [0.2, 0.25) is 5.95 Å². The average Bonchev–Trinajstić information content (AvgIpc) is 2.48. The number of para-hydroxylation sites is 2. The molecule has 20 heavy (non-hydrogen) atoms. The van der Waals surface area contributed by atoms with Gasteiger partial charge >= 0.3 is 0 Å². The molecule has 0 atom stereocenters. The SMILES string of the molecule is COc1ccccc1Nc1nc2c(c(=O)[nH]1)CCCC2. The Labute approximate surface area is 117 Å². The molecule has 0 radical (unpaired) electrons. The van der Waals surface area contributed by atoms with E-state index in [1.54, 1.807) is 7.11 Å². The molecular formula is C15H17N3O2. The van der Waals surface area contributed by atoms with Crippen LogP contribution in [-0.2, 0) is 12.8 Å². The molecule has 0 saturated heterocycles. The molecule has 3 rings (SSSR count). The molecule has 1 aromatic heterocycles. The highest BCUT2D eigenvalue weighted by Crippen LogP contribution is 2.26. The molecule has 2 N–H and O–H groups in total. The van der Waals surface area contributed by atoms with E-state index in [0.717, 1.165) is 42.6 Å². The first-order chi connectivity index (χ1) is 9.78. The van der Waals surface area contributed by atoms with Crippen molar-refractivity contribution in [1.29, 1.82) is 0 Å². The van der Waals surface area contributed by atoms with Crippen LogP contribution in [0.1, 0.15) is 24.1 Å². The van der Waals surface area contributed by atoms with Gasteiger partial charge in [-0.05, 0) is 37.8 Å². The van der Waals surface area contributed by atoms with Crippen LogP contribution in [0.15, 0.2) is 29.1 Å². The summed E-state index contributed by atoms with van der Waals surface area (Å²) in [5.41, 5.74) is 2.50. The summed E-state index contributed by atoms with van der Waals surface area (Å²) < 4.78 is 5.28. The van der Waals surface area contributed by atoms with Crippen LogP contribution in [0.3, 0.4) is 0 Å². The highest BCUT2D eigenvalue weighted by Gasteiger charge is 2.15. The monoisotopic (exact) mass is 271 g/mol. The molecule has 5 nitrogen and oxygen atoms in total. The molecule has 0 unspecified atom stereocenters. The lowest BCUT2D eigenvalue weighted by molar-refractivity contribution is 0.417. The topological polar surface area (TPSA) is 67.0 Å². The number of methoxy groups -OCH3 is 1. The predicted molar refractivity (Wildman–Crippen MR) is 77.8 cm³/mol. The van der Waals surface area contributed by atoms with Crippen LogP contribution in [0.2, 0.25) is 0 Å². The minimum atomic E-state index is -0.0351. The zero-order valence-corrected chi connectivity index (χ0v) is 11.4. The molecule has 0 bridgehead atoms. The van der Waals surface area contributed by atoms with Crippen molar-refractivity contribution in [2.75, 3.05) is 12.4 Å². The molecule has 0 spiro atoms. The maximum atomic E-state index is 12.1. The van der Waals surface area contributed by atoms with Crippen LogP contribution in [0.5, 0.6) is 5.75 Å². The van der Waals surface area contributed by atoms with Gasteiger partial charge in [-0.3, -0.25) is 9.78 Å². The minimum absolute atomic E-state index is 0.0351. The molecule has 1 aliphatic rings. The van der Waals surface area contributed by atoms with Gasteiger partial charge in [-0.25, -0.2) is 4.98 Å². The third-order valence-corrected chi connectivity index (χ3v) is 3.55. The summed E-state index contributed by atoms with van der Waals surface area (Å²) in [6.45, 7) is 0. The maximum absolute atomic E-state index is 12.1. The van der Waals surface area contributed by atoms with Crippen molar-refractivity contribution in [2.45, 2.75) is 25.7 Å². The van der Waals surface area contributed by atoms with Crippen LogP contribution < -0.4 is 15.6 Å². The second-order valence-corrected chi connectivity index (χ2v) is 4.87. The van der Waals surface area contributed by atoms with E-state index in [0.29, 0.717) is 11.7 Å². The van der Waals surface area contributed by atoms with E-state index >= 15 is 0 Å². The zero-order valence-electron chi connectivity index (χ0n) is 11.4. The third-order valence-electron chi connectivity index (χ3n) is 3.55. The molecule has 0 amide bonds. The van der Waals surface area contributed by atoms with Crippen molar-refractivity contribution in [1.82, 2.24) is 9.97 Å². The molecule has 2 aromatic rings. The smallest absolute Gasteiger partial charge is 0.255 e. The van der Waals surface area contributed by atoms with Crippen LogP contribution in [0.4, 0.5) is 11.6 Å². The van der Waals surface area contributed by atoms with E-state index in [4.69, 9.17) is 4.74 Å². The van der Waals surface area contributed by atoms with Crippen LogP contribution in [0.25, 0.3) is 0 Å². The first-order valence-corrected chi connectivity index (χ1v) is 6.80. The molecule has 104 valence electrons. The zero-order chi connectivity index (χ0) is 13.9. The third kappa shape index (κ3) is 2.39. The number of hydrogen-bond donors (Lipinski definition) is 2. The van der Waals surface area contributed by atoms with Gasteiger partial charge in [0.25, 0.3) is 5.56 Å². The fourth-order valence-electron chi connectivity index (χ4n) is 2.54. The summed E-state index contributed by atoms with van der Waals surface area (Å²) in [7, 11) is 1.61. The minimum Gasteiger partial charge on any atom is -0.495 e. The van der Waals surface area contributed by atoms with Crippen LogP contribution in [-0.4, -0.2) is 17.1 Å². The largest absolute Gasteiger partial charge is 0.495 e. The Morgan fingerprint density at radius 1 is 1.25 bits per heavy atom. The van der Waals surface area contributed by atoms with Gasteiger partial charge in [-0.15, -0.1) is 0 Å². The van der Waals surface area contributed by atoms with E-state index < -0.39 is 0 Å². The highest BCUT2D eigenvalue weighted by atomic mass is 16.5. The summed E-state index contributed by atoms with van der Waals surface area (Å²) >= 11 is 0. The Morgan fingerprint density at radius 3 is 2.90 bits per heavy atom. The summed E-state index contributed by atoms with van der Waals surface area (Å²) in [6.07, 6.45) is 3.86. The molecule has 0 fully saturated rings. The first-order valence-electron chi connectivity index (χ1n) is 6.80. The first kappa shape index (κ1) is 12.7. The number of fused-ring (bicyclic) bond motifs is 1. The number of nitrogens with one attached hydrogen (secondary N) is 2. The normalized spacial score (nSPS) is 13.7. The van der Waals surface area contributed by atoms with E-state index in [9.17, 15) is 4.79 Å².